The number of benzene rings is 1. The molecule has 1 aliphatic rings. The zero-order valence-corrected chi connectivity index (χ0v) is 18.4. The maximum absolute atomic E-state index is 12.6. The second kappa shape index (κ2) is 9.04. The first-order valence-corrected chi connectivity index (χ1v) is 10.4. The van der Waals surface area contributed by atoms with Crippen LogP contribution in [0.25, 0.3) is 11.0 Å². The first kappa shape index (κ1) is 22.1. The molecule has 0 bridgehead atoms. The highest BCUT2D eigenvalue weighted by atomic mass is 16.6. The van der Waals surface area contributed by atoms with Crippen LogP contribution in [0.1, 0.15) is 52.1 Å². The van der Waals surface area contributed by atoms with Gasteiger partial charge >= 0.3 is 6.09 Å². The number of aromatic amines is 1. The molecule has 2 N–H and O–H groups in total. The number of rotatable bonds is 5. The first-order chi connectivity index (χ1) is 14.1. The molecule has 0 aliphatic carbocycles. The quantitative estimate of drug-likeness (QED) is 0.778. The van der Waals surface area contributed by atoms with Crippen molar-refractivity contribution in [3.63, 3.8) is 0 Å². The van der Waals surface area contributed by atoms with Crippen LogP contribution in [-0.4, -0.2) is 59.3 Å². The van der Waals surface area contributed by atoms with Gasteiger partial charge in [0.25, 0.3) is 5.56 Å². The third kappa shape index (κ3) is 5.72. The number of H-pyrrole nitrogens is 1. The van der Waals surface area contributed by atoms with Gasteiger partial charge in [-0.2, -0.15) is 0 Å². The Morgan fingerprint density at radius 3 is 2.67 bits per heavy atom. The predicted octanol–water partition coefficient (Wildman–Crippen LogP) is 3.02. The van der Waals surface area contributed by atoms with Crippen LogP contribution < -0.4 is 15.6 Å². The molecule has 1 saturated heterocycles. The zero-order valence-electron chi connectivity index (χ0n) is 18.4. The lowest BCUT2D eigenvalue weighted by atomic mass is 10.0. The number of carbonyl (C=O) groups is 1. The molecule has 0 radical (unpaired) electrons. The van der Waals surface area contributed by atoms with Crippen LogP contribution in [0.5, 0.6) is 5.75 Å². The number of fused-ring (bicyclic) bond motifs is 1. The maximum atomic E-state index is 12.6. The van der Waals surface area contributed by atoms with Crippen molar-refractivity contribution in [3.8, 4) is 5.75 Å². The molecule has 8 heteroatoms. The minimum atomic E-state index is -0.495. The van der Waals surface area contributed by atoms with Crippen molar-refractivity contribution < 1.29 is 14.3 Å². The zero-order chi connectivity index (χ0) is 21.9. The molecule has 164 valence electrons. The fraction of sp³-hybridized carbons (Fsp3) is 0.591. The second-order valence-corrected chi connectivity index (χ2v) is 8.96. The van der Waals surface area contributed by atoms with Crippen LogP contribution in [0, 0.1) is 0 Å². The van der Waals surface area contributed by atoms with Gasteiger partial charge in [-0.15, -0.1) is 0 Å². The van der Waals surface area contributed by atoms with Crippen molar-refractivity contribution in [3.05, 3.63) is 34.2 Å². The molecule has 1 unspecified atom stereocenters. The van der Waals surface area contributed by atoms with E-state index < -0.39 is 5.60 Å². The Balaban J connectivity index is 1.57. The number of nitrogens with one attached hydrogen (secondary N) is 2. The standard InChI is InChI=1S/C22H32N4O4/c1-14(19-20(27)25-18-12-16(29-5)6-7-17(18)24-19)13-26-10-8-15(9-11-26)23-21(28)30-22(2,3)4/h6-7,12,14-15H,8-11,13H2,1-5H3,(H,23,28)(H,25,27). The summed E-state index contributed by atoms with van der Waals surface area (Å²) in [5, 5.41) is 2.95. The molecule has 1 aromatic carbocycles. The average molecular weight is 417 g/mol. The number of hydrogen-bond acceptors (Lipinski definition) is 6. The van der Waals surface area contributed by atoms with Gasteiger partial charge in [0.15, 0.2) is 0 Å². The number of ether oxygens (including phenoxy) is 2. The molecule has 1 aromatic heterocycles. The van der Waals surface area contributed by atoms with E-state index in [2.05, 4.69) is 20.2 Å². The topological polar surface area (TPSA) is 96.5 Å². The Hall–Kier alpha value is -2.61. The molecule has 0 saturated carbocycles. The summed E-state index contributed by atoms with van der Waals surface area (Å²) in [6, 6.07) is 5.59. The highest BCUT2D eigenvalue weighted by Crippen LogP contribution is 2.20. The van der Waals surface area contributed by atoms with Crippen LogP contribution in [0.2, 0.25) is 0 Å². The van der Waals surface area contributed by atoms with Crippen LogP contribution in [0.4, 0.5) is 4.79 Å². The summed E-state index contributed by atoms with van der Waals surface area (Å²) in [6.07, 6.45) is 1.35. The number of nitrogens with zero attached hydrogens (tertiary/aromatic N) is 2. The number of alkyl carbamates (subject to hydrolysis) is 1. The summed E-state index contributed by atoms with van der Waals surface area (Å²) < 4.78 is 10.5. The van der Waals surface area contributed by atoms with Crippen molar-refractivity contribution in [2.75, 3.05) is 26.7 Å². The molecular formula is C22H32N4O4. The van der Waals surface area contributed by atoms with E-state index in [0.29, 0.717) is 17.0 Å². The van der Waals surface area contributed by atoms with Crippen molar-refractivity contribution >= 4 is 17.1 Å². The summed E-state index contributed by atoms with van der Waals surface area (Å²) in [6.45, 7) is 10.1. The lowest BCUT2D eigenvalue weighted by Crippen LogP contribution is -2.46. The number of aromatic nitrogens is 2. The van der Waals surface area contributed by atoms with E-state index in [1.165, 1.54) is 0 Å². The predicted molar refractivity (Wildman–Crippen MR) is 116 cm³/mol. The Morgan fingerprint density at radius 1 is 1.33 bits per heavy atom. The van der Waals surface area contributed by atoms with Crippen molar-refractivity contribution in [1.29, 1.82) is 0 Å². The van der Waals surface area contributed by atoms with Crippen LogP contribution >= 0.6 is 0 Å². The molecule has 2 heterocycles. The Bertz CT molecular complexity index is 942. The molecule has 30 heavy (non-hydrogen) atoms. The van der Waals surface area contributed by atoms with Gasteiger partial charge in [-0.05, 0) is 45.7 Å². The number of likely N-dealkylation sites (tertiary alicyclic amines) is 1. The number of hydrogen-bond donors (Lipinski definition) is 2. The van der Waals surface area contributed by atoms with Gasteiger partial charge in [0.1, 0.15) is 17.0 Å². The van der Waals surface area contributed by atoms with Crippen LogP contribution in [-0.2, 0) is 4.74 Å². The number of amides is 1. The fourth-order valence-corrected chi connectivity index (χ4v) is 3.75. The minimum absolute atomic E-state index is 0.00406. The third-order valence-electron chi connectivity index (χ3n) is 5.23. The summed E-state index contributed by atoms with van der Waals surface area (Å²) in [4.78, 5) is 34.4. The molecular weight excluding hydrogens is 384 g/mol. The Kier molecular flexibility index (Phi) is 6.65. The van der Waals surface area contributed by atoms with E-state index in [-0.39, 0.29) is 23.6 Å². The SMILES string of the molecule is COc1ccc2nc(C(C)CN3CCC(NC(=O)OC(C)(C)C)CC3)c(=O)[nH]c2c1. The first-order valence-electron chi connectivity index (χ1n) is 10.4. The van der Waals surface area contributed by atoms with Gasteiger partial charge in [-0.3, -0.25) is 4.79 Å². The number of carbonyl (C=O) groups excluding carboxylic acids is 1. The lowest BCUT2D eigenvalue weighted by Gasteiger charge is -2.34. The number of methoxy groups -OCH3 is 1. The van der Waals surface area contributed by atoms with E-state index >= 15 is 0 Å². The van der Waals surface area contributed by atoms with Gasteiger partial charge in [0.2, 0.25) is 0 Å². The van der Waals surface area contributed by atoms with E-state index in [9.17, 15) is 9.59 Å². The van der Waals surface area contributed by atoms with Crippen molar-refractivity contribution in [1.82, 2.24) is 20.2 Å². The summed E-state index contributed by atoms with van der Waals surface area (Å²) in [5.41, 5.74) is 1.30. The molecule has 2 aromatic rings. The highest BCUT2D eigenvalue weighted by Gasteiger charge is 2.25. The molecule has 1 aliphatic heterocycles. The van der Waals surface area contributed by atoms with E-state index in [0.717, 1.165) is 38.0 Å². The van der Waals surface area contributed by atoms with E-state index in [1.54, 1.807) is 13.2 Å². The second-order valence-electron chi connectivity index (χ2n) is 8.96. The van der Waals surface area contributed by atoms with Gasteiger partial charge in [-0.25, -0.2) is 9.78 Å². The van der Waals surface area contributed by atoms with E-state index in [4.69, 9.17) is 9.47 Å². The smallest absolute Gasteiger partial charge is 0.407 e. The van der Waals surface area contributed by atoms with Crippen molar-refractivity contribution in [2.24, 2.45) is 0 Å². The molecule has 1 atom stereocenters. The minimum Gasteiger partial charge on any atom is -0.497 e. The highest BCUT2D eigenvalue weighted by molar-refractivity contribution is 5.75. The normalized spacial score (nSPS) is 17.0. The summed E-state index contributed by atoms with van der Waals surface area (Å²) in [7, 11) is 1.59. The van der Waals surface area contributed by atoms with E-state index in [1.807, 2.05) is 39.8 Å². The fourth-order valence-electron chi connectivity index (χ4n) is 3.75. The van der Waals surface area contributed by atoms with Gasteiger partial charge in [0.05, 0.1) is 18.1 Å². The summed E-state index contributed by atoms with van der Waals surface area (Å²) in [5.74, 6) is 0.680. The third-order valence-corrected chi connectivity index (χ3v) is 5.23. The number of piperidine rings is 1. The monoisotopic (exact) mass is 416 g/mol. The van der Waals surface area contributed by atoms with Gasteiger partial charge in [-0.1, -0.05) is 6.92 Å². The molecule has 1 amide bonds. The molecule has 8 nitrogen and oxygen atoms in total. The Morgan fingerprint density at radius 2 is 2.03 bits per heavy atom. The van der Waals surface area contributed by atoms with Crippen molar-refractivity contribution in [2.45, 2.75) is 58.1 Å². The Labute approximate surface area is 177 Å². The van der Waals surface area contributed by atoms with Gasteiger partial charge < -0.3 is 24.7 Å². The van der Waals surface area contributed by atoms with Crippen LogP contribution in [0.15, 0.2) is 23.0 Å². The van der Waals surface area contributed by atoms with Gasteiger partial charge in [0, 0.05) is 37.7 Å². The molecule has 3 rings (SSSR count). The largest absolute Gasteiger partial charge is 0.497 e. The maximum Gasteiger partial charge on any atom is 0.407 e. The average Bonchev–Trinajstić information content (AvgIpc) is 2.67. The molecule has 0 spiro atoms. The molecule has 1 fully saturated rings. The lowest BCUT2D eigenvalue weighted by molar-refractivity contribution is 0.0478. The van der Waals surface area contributed by atoms with Crippen LogP contribution in [0.3, 0.4) is 0 Å². The summed E-state index contributed by atoms with van der Waals surface area (Å²) >= 11 is 0.